The van der Waals surface area contributed by atoms with Crippen LogP contribution in [0.25, 0.3) is 0 Å². The summed E-state index contributed by atoms with van der Waals surface area (Å²) in [5, 5.41) is 0. The maximum Gasteiger partial charge on any atom is 0.173 e. The van der Waals surface area contributed by atoms with E-state index in [0.29, 0.717) is 34.4 Å². The number of anilines is 2. The van der Waals surface area contributed by atoms with Crippen molar-refractivity contribution in [3.63, 3.8) is 0 Å². The molecule has 2 aromatic carbocycles. The Labute approximate surface area is 105 Å². The highest BCUT2D eigenvalue weighted by Crippen LogP contribution is 2.49. The van der Waals surface area contributed by atoms with Gasteiger partial charge in [-0.05, 0) is 37.1 Å². The first-order valence-electron chi connectivity index (χ1n) is 5.70. The van der Waals surface area contributed by atoms with Gasteiger partial charge in [-0.1, -0.05) is 0 Å². The predicted octanol–water partition coefficient (Wildman–Crippen LogP) is 3.37. The fourth-order valence-electron chi connectivity index (χ4n) is 2.17. The van der Waals surface area contributed by atoms with E-state index in [1.165, 1.54) is 0 Å². The predicted molar refractivity (Wildman–Crippen MR) is 71.3 cm³/mol. The second-order valence-corrected chi connectivity index (χ2v) is 4.53. The maximum absolute atomic E-state index is 5.86. The Hall–Kier alpha value is -2.36. The molecular weight excluding hydrogens is 228 g/mol. The van der Waals surface area contributed by atoms with Crippen molar-refractivity contribution < 1.29 is 9.47 Å². The van der Waals surface area contributed by atoms with Gasteiger partial charge in [-0.2, -0.15) is 0 Å². The molecule has 0 fully saturated rings. The van der Waals surface area contributed by atoms with Crippen molar-refractivity contribution in [2.45, 2.75) is 13.8 Å². The van der Waals surface area contributed by atoms with E-state index in [1.807, 2.05) is 26.0 Å². The smallest absolute Gasteiger partial charge is 0.173 e. The van der Waals surface area contributed by atoms with Crippen LogP contribution in [0.5, 0.6) is 23.0 Å². The van der Waals surface area contributed by atoms with Crippen LogP contribution >= 0.6 is 0 Å². The molecule has 0 radical (unpaired) electrons. The molecule has 0 aliphatic carbocycles. The quantitative estimate of drug-likeness (QED) is 0.593. The van der Waals surface area contributed by atoms with E-state index in [9.17, 15) is 0 Å². The van der Waals surface area contributed by atoms with Crippen LogP contribution in [-0.4, -0.2) is 0 Å². The lowest BCUT2D eigenvalue weighted by molar-refractivity contribution is 0.356. The topological polar surface area (TPSA) is 70.5 Å². The van der Waals surface area contributed by atoms with Gasteiger partial charge in [0.25, 0.3) is 0 Å². The molecular formula is C14H14N2O2. The first kappa shape index (κ1) is 10.8. The summed E-state index contributed by atoms with van der Waals surface area (Å²) in [6.07, 6.45) is 0. The van der Waals surface area contributed by atoms with E-state index in [4.69, 9.17) is 20.9 Å². The molecule has 3 rings (SSSR count). The molecule has 1 heterocycles. The fourth-order valence-corrected chi connectivity index (χ4v) is 2.17. The molecule has 4 N–H and O–H groups in total. The lowest BCUT2D eigenvalue weighted by Gasteiger charge is -2.24. The van der Waals surface area contributed by atoms with Gasteiger partial charge in [0.05, 0.1) is 0 Å². The molecule has 1 aliphatic heterocycles. The number of fused-ring (bicyclic) bond motifs is 2. The minimum Gasteiger partial charge on any atom is -0.449 e. The standard InChI is InChI=1S/C14H14N2O2/c1-7-3-9(15)5-11-13(7)17-12-6-10(16)4-8(2)14(12)18-11/h3-6H,15-16H2,1-2H3. The van der Waals surface area contributed by atoms with Gasteiger partial charge in [-0.15, -0.1) is 0 Å². The van der Waals surface area contributed by atoms with Crippen LogP contribution < -0.4 is 20.9 Å². The summed E-state index contributed by atoms with van der Waals surface area (Å²) in [5.41, 5.74) is 14.8. The van der Waals surface area contributed by atoms with Gasteiger partial charge in [0.15, 0.2) is 23.0 Å². The number of rotatable bonds is 0. The third kappa shape index (κ3) is 1.54. The fraction of sp³-hybridized carbons (Fsp3) is 0.143. The Morgan fingerprint density at radius 2 is 1.11 bits per heavy atom. The molecule has 0 saturated heterocycles. The first-order chi connectivity index (χ1) is 8.54. The number of hydrogen-bond acceptors (Lipinski definition) is 4. The number of ether oxygens (including phenoxy) is 2. The molecule has 18 heavy (non-hydrogen) atoms. The average molecular weight is 242 g/mol. The van der Waals surface area contributed by atoms with Crippen molar-refractivity contribution in [3.8, 4) is 23.0 Å². The third-order valence-corrected chi connectivity index (χ3v) is 2.95. The molecule has 4 nitrogen and oxygen atoms in total. The lowest BCUT2D eigenvalue weighted by atomic mass is 10.1. The monoisotopic (exact) mass is 242 g/mol. The minimum atomic E-state index is 0.646. The normalized spacial score (nSPS) is 12.1. The maximum atomic E-state index is 5.86. The van der Waals surface area contributed by atoms with Gasteiger partial charge < -0.3 is 20.9 Å². The third-order valence-electron chi connectivity index (χ3n) is 2.95. The molecule has 0 atom stereocenters. The van der Waals surface area contributed by atoms with E-state index in [-0.39, 0.29) is 0 Å². The highest BCUT2D eigenvalue weighted by atomic mass is 16.6. The van der Waals surface area contributed by atoms with Crippen LogP contribution in [0.1, 0.15) is 11.1 Å². The second kappa shape index (κ2) is 3.57. The summed E-state index contributed by atoms with van der Waals surface area (Å²) in [7, 11) is 0. The molecule has 0 saturated carbocycles. The largest absolute Gasteiger partial charge is 0.449 e. The molecule has 0 aromatic heterocycles. The van der Waals surface area contributed by atoms with E-state index >= 15 is 0 Å². The Kier molecular flexibility index (Phi) is 2.13. The van der Waals surface area contributed by atoms with Crippen LogP contribution in [0, 0.1) is 13.8 Å². The van der Waals surface area contributed by atoms with E-state index in [1.54, 1.807) is 12.1 Å². The van der Waals surface area contributed by atoms with Crippen molar-refractivity contribution in [1.82, 2.24) is 0 Å². The summed E-state index contributed by atoms with van der Waals surface area (Å²) < 4.78 is 11.7. The van der Waals surface area contributed by atoms with E-state index in [2.05, 4.69) is 0 Å². The SMILES string of the molecule is Cc1cc(N)cc2c1Oc1cc(N)cc(C)c1O2. The minimum absolute atomic E-state index is 0.646. The average Bonchev–Trinajstić information content (AvgIpc) is 2.27. The number of nitrogens with two attached hydrogens (primary N) is 2. The van der Waals surface area contributed by atoms with Crippen LogP contribution in [0.2, 0.25) is 0 Å². The van der Waals surface area contributed by atoms with Crippen molar-refractivity contribution in [3.05, 3.63) is 35.4 Å². The van der Waals surface area contributed by atoms with Gasteiger partial charge in [0, 0.05) is 23.5 Å². The van der Waals surface area contributed by atoms with Crippen molar-refractivity contribution >= 4 is 11.4 Å². The molecule has 0 amide bonds. The van der Waals surface area contributed by atoms with E-state index < -0.39 is 0 Å². The van der Waals surface area contributed by atoms with Gasteiger partial charge in [-0.3, -0.25) is 0 Å². The number of hydrogen-bond donors (Lipinski definition) is 2. The molecule has 0 bridgehead atoms. The van der Waals surface area contributed by atoms with Gasteiger partial charge in [-0.25, -0.2) is 0 Å². The van der Waals surface area contributed by atoms with Crippen molar-refractivity contribution in [2.75, 3.05) is 11.5 Å². The van der Waals surface area contributed by atoms with Crippen LogP contribution in [0.15, 0.2) is 24.3 Å². The van der Waals surface area contributed by atoms with Crippen molar-refractivity contribution in [1.29, 1.82) is 0 Å². The van der Waals surface area contributed by atoms with Gasteiger partial charge in [0.2, 0.25) is 0 Å². The zero-order valence-corrected chi connectivity index (χ0v) is 10.3. The van der Waals surface area contributed by atoms with Crippen LogP contribution in [0.3, 0.4) is 0 Å². The zero-order valence-electron chi connectivity index (χ0n) is 10.3. The van der Waals surface area contributed by atoms with Crippen LogP contribution in [-0.2, 0) is 0 Å². The highest BCUT2D eigenvalue weighted by molar-refractivity contribution is 5.66. The number of nitrogen functional groups attached to an aromatic ring is 2. The Morgan fingerprint density at radius 3 is 1.50 bits per heavy atom. The van der Waals surface area contributed by atoms with E-state index in [0.717, 1.165) is 11.1 Å². The molecule has 1 aliphatic rings. The molecule has 0 spiro atoms. The summed E-state index contributed by atoms with van der Waals surface area (Å²) in [6.45, 7) is 3.87. The Bertz CT molecular complexity index is 593. The lowest BCUT2D eigenvalue weighted by Crippen LogP contribution is -2.04. The summed E-state index contributed by atoms with van der Waals surface area (Å²) in [4.78, 5) is 0. The van der Waals surface area contributed by atoms with Gasteiger partial charge in [0.1, 0.15) is 0 Å². The molecule has 0 unspecified atom stereocenters. The zero-order chi connectivity index (χ0) is 12.9. The van der Waals surface area contributed by atoms with Crippen LogP contribution in [0.4, 0.5) is 11.4 Å². The molecule has 2 aromatic rings. The first-order valence-corrected chi connectivity index (χ1v) is 5.70. The summed E-state index contributed by atoms with van der Waals surface area (Å²) in [5.74, 6) is 2.68. The number of benzene rings is 2. The Morgan fingerprint density at radius 1 is 0.722 bits per heavy atom. The number of aryl methyl sites for hydroxylation is 2. The molecule has 4 heteroatoms. The summed E-state index contributed by atoms with van der Waals surface area (Å²) in [6, 6.07) is 7.24. The molecule has 92 valence electrons. The van der Waals surface area contributed by atoms with Crippen molar-refractivity contribution in [2.24, 2.45) is 0 Å². The summed E-state index contributed by atoms with van der Waals surface area (Å²) >= 11 is 0. The Balaban J connectivity index is 2.18. The van der Waals surface area contributed by atoms with Gasteiger partial charge >= 0.3 is 0 Å². The second-order valence-electron chi connectivity index (χ2n) is 4.53. The highest BCUT2D eigenvalue weighted by Gasteiger charge is 2.22.